The van der Waals surface area contributed by atoms with Crippen LogP contribution in [-0.2, 0) is 33.1 Å². The Balaban J connectivity index is 2.68. The van der Waals surface area contributed by atoms with Gasteiger partial charge in [0.25, 0.3) is 0 Å². The van der Waals surface area contributed by atoms with E-state index in [2.05, 4.69) is 6.61 Å². The Hall–Kier alpha value is -0.190. The number of hydrogen-bond donors (Lipinski definition) is 2. The van der Waals surface area contributed by atoms with E-state index < -0.39 is 23.5 Å². The maximum atomic E-state index is 9.46. The SMILES string of the molecule is O=C[NH][Hf][NH]C=O. The van der Waals surface area contributed by atoms with Crippen molar-refractivity contribution in [1.29, 1.82) is 0 Å². The van der Waals surface area contributed by atoms with Gasteiger partial charge < -0.3 is 0 Å². The Morgan fingerprint density at radius 2 is 1.57 bits per heavy atom. The molecule has 0 rings (SSSR count). The van der Waals surface area contributed by atoms with Crippen LogP contribution in [0.3, 0.4) is 0 Å². The van der Waals surface area contributed by atoms with Crippen LogP contribution in [0.2, 0.25) is 0 Å². The van der Waals surface area contributed by atoms with E-state index in [1.165, 1.54) is 0 Å². The van der Waals surface area contributed by atoms with Crippen LogP contribution in [0.5, 0.6) is 0 Å². The molecule has 0 unspecified atom stereocenters. The first-order chi connectivity index (χ1) is 3.41. The second-order valence-electron chi connectivity index (χ2n) is 0.649. The topological polar surface area (TPSA) is 58.2 Å². The quantitative estimate of drug-likeness (QED) is 0.365. The molecule has 7 heavy (non-hydrogen) atoms. The molecule has 38 valence electrons. The van der Waals surface area contributed by atoms with Crippen molar-refractivity contribution in [2.75, 3.05) is 0 Å². The van der Waals surface area contributed by atoms with Crippen molar-refractivity contribution < 1.29 is 33.1 Å². The van der Waals surface area contributed by atoms with E-state index in [9.17, 15) is 9.59 Å². The van der Waals surface area contributed by atoms with E-state index in [1.807, 2.05) is 0 Å². The van der Waals surface area contributed by atoms with Crippen molar-refractivity contribution in [3.63, 3.8) is 0 Å². The fourth-order valence-electron chi connectivity index (χ4n) is 0.101. The molecule has 0 saturated heterocycles. The second-order valence-corrected chi connectivity index (χ2v) is 3.62. The Morgan fingerprint density at radius 3 is 1.86 bits per heavy atom. The summed E-state index contributed by atoms with van der Waals surface area (Å²) in [6.45, 7) is 0. The Bertz CT molecular complexity index is 58.7. The van der Waals surface area contributed by atoms with Gasteiger partial charge in [-0.15, -0.1) is 0 Å². The van der Waals surface area contributed by atoms with Gasteiger partial charge in [0.2, 0.25) is 0 Å². The van der Waals surface area contributed by atoms with Crippen LogP contribution in [0, 0.1) is 0 Å². The average Bonchev–Trinajstić information content (AvgIpc) is 1.69. The summed E-state index contributed by atoms with van der Waals surface area (Å²) in [5, 5.41) is 0. The van der Waals surface area contributed by atoms with Gasteiger partial charge in [0.1, 0.15) is 0 Å². The molecule has 0 aromatic heterocycles. The first-order valence-corrected chi connectivity index (χ1v) is 5.14. The number of rotatable bonds is 4. The number of carbonyl (C=O) groups excluding carboxylic acids is 2. The van der Waals surface area contributed by atoms with Gasteiger partial charge in [-0.1, -0.05) is 0 Å². The molecule has 2 amide bonds. The molecule has 0 aromatic carbocycles. The third-order valence-electron chi connectivity index (χ3n) is 0.262. The first-order valence-electron chi connectivity index (χ1n) is 1.55. The summed E-state index contributed by atoms with van der Waals surface area (Å²) < 4.78 is 4.84. The van der Waals surface area contributed by atoms with Crippen molar-refractivity contribution in [3.05, 3.63) is 0 Å². The summed E-state index contributed by atoms with van der Waals surface area (Å²) in [5.74, 6) is 0. The van der Waals surface area contributed by atoms with Crippen LogP contribution in [0.1, 0.15) is 0 Å². The Morgan fingerprint density at radius 1 is 1.14 bits per heavy atom. The van der Waals surface area contributed by atoms with E-state index >= 15 is 0 Å². The molecule has 0 aliphatic rings. The van der Waals surface area contributed by atoms with Gasteiger partial charge in [-0.05, 0) is 0 Å². The fourth-order valence-corrected chi connectivity index (χ4v) is 0.823. The van der Waals surface area contributed by atoms with Crippen LogP contribution in [0.15, 0.2) is 0 Å². The van der Waals surface area contributed by atoms with Gasteiger partial charge in [0.15, 0.2) is 0 Å². The van der Waals surface area contributed by atoms with Gasteiger partial charge >= 0.3 is 52.5 Å². The van der Waals surface area contributed by atoms with Gasteiger partial charge in [-0.25, -0.2) is 0 Å². The van der Waals surface area contributed by atoms with Crippen LogP contribution in [-0.4, -0.2) is 12.8 Å². The second kappa shape index (κ2) is 5.81. The van der Waals surface area contributed by atoms with Gasteiger partial charge in [-0.2, -0.15) is 0 Å². The molecule has 0 aromatic rings. The molecule has 0 aliphatic carbocycles. The van der Waals surface area contributed by atoms with E-state index in [0.29, 0.717) is 12.8 Å². The Labute approximate surface area is 52.8 Å². The number of amides is 2. The molecule has 0 aliphatic heterocycles. The predicted octanol–water partition coefficient (Wildman–Crippen LogP) is -1.61. The standard InChI is InChI=1S/2CH3NO.Hf/c2*2-1-3;/h2*1H,(H2,2,3);/q;;+2/p-2. The zero-order valence-corrected chi connectivity index (χ0v) is 7.06. The molecule has 0 heterocycles. The summed E-state index contributed by atoms with van der Waals surface area (Å²) in [4.78, 5) is 18.9. The molecule has 4 nitrogen and oxygen atoms in total. The minimum absolute atomic E-state index is 0.597. The molecule has 0 saturated carbocycles. The zero-order chi connectivity index (χ0) is 5.54. The van der Waals surface area contributed by atoms with Crippen molar-refractivity contribution in [1.82, 2.24) is 6.61 Å². The molecule has 0 radical (unpaired) electrons. The third-order valence-corrected chi connectivity index (χ3v) is 2.15. The molecular weight excluding hydrogens is 263 g/mol. The first kappa shape index (κ1) is 6.81. The molecule has 0 atom stereocenters. The number of carbonyl (C=O) groups is 2. The number of nitrogens with one attached hydrogen (secondary N) is 2. The molecule has 0 spiro atoms. The minimum atomic E-state index is -1.24. The molecular formula is C2H4HfN2O2. The van der Waals surface area contributed by atoms with E-state index in [4.69, 9.17) is 0 Å². The zero-order valence-electron chi connectivity index (χ0n) is 3.47. The van der Waals surface area contributed by atoms with Crippen molar-refractivity contribution >= 4 is 12.8 Å². The predicted molar refractivity (Wildman–Crippen MR) is 18.4 cm³/mol. The summed E-state index contributed by atoms with van der Waals surface area (Å²) >= 11 is -1.24. The van der Waals surface area contributed by atoms with E-state index in [-0.39, 0.29) is 0 Å². The average molecular weight is 267 g/mol. The van der Waals surface area contributed by atoms with Gasteiger partial charge in [0.05, 0.1) is 0 Å². The van der Waals surface area contributed by atoms with Crippen molar-refractivity contribution in [2.45, 2.75) is 0 Å². The van der Waals surface area contributed by atoms with Crippen LogP contribution < -0.4 is 6.61 Å². The van der Waals surface area contributed by atoms with Crippen molar-refractivity contribution in [3.8, 4) is 0 Å². The van der Waals surface area contributed by atoms with Crippen LogP contribution >= 0.6 is 0 Å². The molecule has 0 bridgehead atoms. The molecule has 0 fully saturated rings. The summed E-state index contributed by atoms with van der Waals surface area (Å²) in [6.07, 6.45) is 1.19. The van der Waals surface area contributed by atoms with E-state index in [0.717, 1.165) is 0 Å². The third kappa shape index (κ3) is 5.81. The maximum absolute atomic E-state index is 9.46. The summed E-state index contributed by atoms with van der Waals surface area (Å²) in [6, 6.07) is 0. The normalized spacial score (nSPS) is 6.29. The van der Waals surface area contributed by atoms with Crippen LogP contribution in [0.25, 0.3) is 0 Å². The van der Waals surface area contributed by atoms with Crippen LogP contribution in [0.4, 0.5) is 0 Å². The molecule has 2 N–H and O–H groups in total. The van der Waals surface area contributed by atoms with E-state index in [1.54, 1.807) is 0 Å². The van der Waals surface area contributed by atoms with Crippen molar-refractivity contribution in [2.24, 2.45) is 0 Å². The van der Waals surface area contributed by atoms with Gasteiger partial charge in [0, 0.05) is 0 Å². The molecule has 5 heteroatoms. The Kier molecular flexibility index (Phi) is 5.65. The summed E-state index contributed by atoms with van der Waals surface area (Å²) in [7, 11) is 0. The summed E-state index contributed by atoms with van der Waals surface area (Å²) in [5.41, 5.74) is 0. The number of hydrogen-bond acceptors (Lipinski definition) is 2. The fraction of sp³-hybridized carbons (Fsp3) is 0. The monoisotopic (exact) mass is 268 g/mol. The van der Waals surface area contributed by atoms with Gasteiger partial charge in [-0.3, -0.25) is 0 Å².